The number of H-pyrrole nitrogens is 1. The van der Waals surface area contributed by atoms with Gasteiger partial charge in [-0.05, 0) is 57.1 Å². The van der Waals surface area contributed by atoms with E-state index in [4.69, 9.17) is 4.74 Å². The first-order valence-electron chi connectivity index (χ1n) is 6.76. The van der Waals surface area contributed by atoms with Crippen LogP contribution in [0.15, 0.2) is 24.3 Å². The van der Waals surface area contributed by atoms with Gasteiger partial charge in [0.25, 0.3) is 0 Å². The van der Waals surface area contributed by atoms with E-state index in [0.717, 1.165) is 18.9 Å². The number of aromatic amines is 1. The van der Waals surface area contributed by atoms with Crippen LogP contribution in [0.25, 0.3) is 10.9 Å². The van der Waals surface area contributed by atoms with E-state index in [1.807, 2.05) is 6.07 Å². The molecule has 0 saturated carbocycles. The quantitative estimate of drug-likeness (QED) is 0.895. The molecular formula is C15H20N2O. The number of benzene rings is 1. The summed E-state index contributed by atoms with van der Waals surface area (Å²) in [7, 11) is 0. The van der Waals surface area contributed by atoms with Crippen LogP contribution < -0.4 is 4.74 Å². The second-order valence-electron chi connectivity index (χ2n) is 5.10. The standard InChI is InChI=1S/C15H20N2O/c1-12-10-13-11-14(4-5-15(13)16-12)18-9-8-17-6-2-3-7-17/h4-5,10-11,16H,2-3,6-9H2,1H3. The second kappa shape index (κ2) is 5.02. The van der Waals surface area contributed by atoms with Gasteiger partial charge in [0, 0.05) is 23.1 Å². The Kier molecular flexibility index (Phi) is 3.24. The van der Waals surface area contributed by atoms with Crippen LogP contribution >= 0.6 is 0 Å². The maximum absolute atomic E-state index is 5.83. The van der Waals surface area contributed by atoms with Crippen molar-refractivity contribution in [3.8, 4) is 5.75 Å². The number of hydrogen-bond donors (Lipinski definition) is 1. The molecule has 0 amide bonds. The Bertz CT molecular complexity index is 526. The number of likely N-dealkylation sites (tertiary alicyclic amines) is 1. The van der Waals surface area contributed by atoms with Crippen molar-refractivity contribution in [3.05, 3.63) is 30.0 Å². The highest BCUT2D eigenvalue weighted by Gasteiger charge is 2.10. The fourth-order valence-corrected chi connectivity index (χ4v) is 2.64. The maximum atomic E-state index is 5.83. The van der Waals surface area contributed by atoms with Crippen LogP contribution in [0.2, 0.25) is 0 Å². The number of aromatic nitrogens is 1. The Morgan fingerprint density at radius 3 is 2.89 bits per heavy atom. The van der Waals surface area contributed by atoms with E-state index in [1.165, 1.54) is 42.5 Å². The van der Waals surface area contributed by atoms with Gasteiger partial charge in [-0.25, -0.2) is 0 Å². The SMILES string of the molecule is Cc1cc2cc(OCCN3CCCC3)ccc2[nH]1. The van der Waals surface area contributed by atoms with Gasteiger partial charge in [-0.1, -0.05) is 0 Å². The van der Waals surface area contributed by atoms with Gasteiger partial charge in [0.05, 0.1) is 0 Å². The average molecular weight is 244 g/mol. The minimum absolute atomic E-state index is 0.787. The highest BCUT2D eigenvalue weighted by Crippen LogP contribution is 2.21. The van der Waals surface area contributed by atoms with Gasteiger partial charge in [-0.15, -0.1) is 0 Å². The van der Waals surface area contributed by atoms with E-state index in [2.05, 4.69) is 35.0 Å². The lowest BCUT2D eigenvalue weighted by Gasteiger charge is -2.14. The molecule has 0 unspecified atom stereocenters. The Morgan fingerprint density at radius 2 is 2.06 bits per heavy atom. The summed E-state index contributed by atoms with van der Waals surface area (Å²) >= 11 is 0. The van der Waals surface area contributed by atoms with Crippen molar-refractivity contribution in [2.45, 2.75) is 19.8 Å². The topological polar surface area (TPSA) is 28.3 Å². The van der Waals surface area contributed by atoms with E-state index >= 15 is 0 Å². The normalized spacial score (nSPS) is 16.5. The fourth-order valence-electron chi connectivity index (χ4n) is 2.64. The number of hydrogen-bond acceptors (Lipinski definition) is 2. The average Bonchev–Trinajstić information content (AvgIpc) is 2.96. The first-order valence-corrected chi connectivity index (χ1v) is 6.76. The van der Waals surface area contributed by atoms with Gasteiger partial charge >= 0.3 is 0 Å². The van der Waals surface area contributed by atoms with Crippen LogP contribution in [0.4, 0.5) is 0 Å². The molecule has 1 N–H and O–H groups in total. The molecule has 1 aliphatic heterocycles. The largest absolute Gasteiger partial charge is 0.492 e. The van der Waals surface area contributed by atoms with Crippen LogP contribution in [-0.4, -0.2) is 36.1 Å². The molecule has 3 nitrogen and oxygen atoms in total. The molecule has 0 radical (unpaired) electrons. The molecule has 0 bridgehead atoms. The minimum atomic E-state index is 0.787. The lowest BCUT2D eigenvalue weighted by Crippen LogP contribution is -2.25. The molecule has 3 heteroatoms. The zero-order valence-corrected chi connectivity index (χ0v) is 10.9. The number of nitrogens with one attached hydrogen (secondary N) is 1. The second-order valence-corrected chi connectivity index (χ2v) is 5.10. The Hall–Kier alpha value is -1.48. The molecule has 2 aromatic rings. The Morgan fingerprint density at radius 1 is 1.22 bits per heavy atom. The van der Waals surface area contributed by atoms with Gasteiger partial charge in [-0.3, -0.25) is 4.90 Å². The summed E-state index contributed by atoms with van der Waals surface area (Å²) in [6, 6.07) is 8.40. The Labute approximate surface area is 108 Å². The van der Waals surface area contributed by atoms with Gasteiger partial charge < -0.3 is 9.72 Å². The van der Waals surface area contributed by atoms with Gasteiger partial charge in [-0.2, -0.15) is 0 Å². The monoisotopic (exact) mass is 244 g/mol. The lowest BCUT2D eigenvalue weighted by atomic mass is 10.2. The van der Waals surface area contributed by atoms with E-state index in [9.17, 15) is 0 Å². The molecule has 1 saturated heterocycles. The van der Waals surface area contributed by atoms with Gasteiger partial charge in [0.1, 0.15) is 12.4 Å². The third-order valence-electron chi connectivity index (χ3n) is 3.60. The van der Waals surface area contributed by atoms with Crippen molar-refractivity contribution in [2.75, 3.05) is 26.2 Å². The van der Waals surface area contributed by atoms with E-state index in [-0.39, 0.29) is 0 Å². The van der Waals surface area contributed by atoms with E-state index < -0.39 is 0 Å². The maximum Gasteiger partial charge on any atom is 0.120 e. The predicted molar refractivity (Wildman–Crippen MR) is 74.2 cm³/mol. The molecule has 1 fully saturated rings. The van der Waals surface area contributed by atoms with Crippen LogP contribution in [0.5, 0.6) is 5.75 Å². The number of ether oxygens (including phenoxy) is 1. The minimum Gasteiger partial charge on any atom is -0.492 e. The summed E-state index contributed by atoms with van der Waals surface area (Å²) in [5.74, 6) is 0.973. The summed E-state index contributed by atoms with van der Waals surface area (Å²) in [6.45, 7) is 6.38. The van der Waals surface area contributed by atoms with Crippen molar-refractivity contribution in [1.82, 2.24) is 9.88 Å². The first-order chi connectivity index (χ1) is 8.81. The number of nitrogens with zero attached hydrogens (tertiary/aromatic N) is 1. The molecule has 0 aliphatic carbocycles. The number of fused-ring (bicyclic) bond motifs is 1. The molecular weight excluding hydrogens is 224 g/mol. The molecule has 1 aromatic heterocycles. The van der Waals surface area contributed by atoms with Crippen molar-refractivity contribution >= 4 is 10.9 Å². The van der Waals surface area contributed by atoms with Crippen molar-refractivity contribution in [1.29, 1.82) is 0 Å². The lowest BCUT2D eigenvalue weighted by molar-refractivity contribution is 0.238. The zero-order valence-electron chi connectivity index (χ0n) is 10.9. The van der Waals surface area contributed by atoms with Crippen molar-refractivity contribution in [2.24, 2.45) is 0 Å². The molecule has 1 aromatic carbocycles. The molecule has 0 spiro atoms. The van der Waals surface area contributed by atoms with Crippen LogP contribution in [-0.2, 0) is 0 Å². The highest BCUT2D eigenvalue weighted by atomic mass is 16.5. The summed E-state index contributed by atoms with van der Waals surface area (Å²) in [4.78, 5) is 5.79. The smallest absolute Gasteiger partial charge is 0.120 e. The van der Waals surface area contributed by atoms with Crippen LogP contribution in [0.3, 0.4) is 0 Å². The molecule has 1 aliphatic rings. The predicted octanol–water partition coefficient (Wildman–Crippen LogP) is 2.95. The first kappa shape index (κ1) is 11.6. The van der Waals surface area contributed by atoms with Crippen molar-refractivity contribution < 1.29 is 4.74 Å². The number of rotatable bonds is 4. The van der Waals surface area contributed by atoms with Gasteiger partial charge in [0.15, 0.2) is 0 Å². The van der Waals surface area contributed by atoms with E-state index in [0.29, 0.717) is 0 Å². The molecule has 2 heterocycles. The molecule has 18 heavy (non-hydrogen) atoms. The zero-order chi connectivity index (χ0) is 12.4. The van der Waals surface area contributed by atoms with Crippen molar-refractivity contribution in [3.63, 3.8) is 0 Å². The molecule has 0 atom stereocenters. The van der Waals surface area contributed by atoms with Gasteiger partial charge in [0.2, 0.25) is 0 Å². The van der Waals surface area contributed by atoms with Crippen LogP contribution in [0.1, 0.15) is 18.5 Å². The third-order valence-corrected chi connectivity index (χ3v) is 3.60. The highest BCUT2D eigenvalue weighted by molar-refractivity contribution is 5.81. The summed E-state index contributed by atoms with van der Waals surface area (Å²) in [5.41, 5.74) is 2.37. The summed E-state index contributed by atoms with van der Waals surface area (Å²) < 4.78 is 5.83. The summed E-state index contributed by atoms with van der Waals surface area (Å²) in [6.07, 6.45) is 2.68. The molecule has 3 rings (SSSR count). The van der Waals surface area contributed by atoms with E-state index in [1.54, 1.807) is 0 Å². The van der Waals surface area contributed by atoms with Crippen LogP contribution in [0, 0.1) is 6.92 Å². The summed E-state index contributed by atoms with van der Waals surface area (Å²) in [5, 5.41) is 1.23. The fraction of sp³-hybridized carbons (Fsp3) is 0.467. The Balaban J connectivity index is 1.59. The third kappa shape index (κ3) is 2.51. The number of aryl methyl sites for hydroxylation is 1. The molecule has 96 valence electrons.